The van der Waals surface area contributed by atoms with Crippen LogP contribution in [0.2, 0.25) is 5.02 Å². The van der Waals surface area contributed by atoms with Crippen LogP contribution in [0, 0.1) is 32.6 Å². The number of halogens is 1. The van der Waals surface area contributed by atoms with Crippen molar-refractivity contribution in [2.45, 2.75) is 27.2 Å². The van der Waals surface area contributed by atoms with Crippen LogP contribution >= 0.6 is 11.6 Å². The lowest BCUT2D eigenvalue weighted by molar-refractivity contribution is -0.122. The number of hydrogen-bond donors (Lipinski definition) is 2. The number of rotatable bonds is 4. The molecule has 4 nitrogen and oxygen atoms in total. The van der Waals surface area contributed by atoms with Gasteiger partial charge in [0.2, 0.25) is 11.8 Å². The second-order valence-electron chi connectivity index (χ2n) is 6.69. The molecule has 0 spiro atoms. The Morgan fingerprint density at radius 1 is 0.880 bits per heavy atom. The number of amides is 2. The van der Waals surface area contributed by atoms with Crippen LogP contribution in [0.25, 0.3) is 0 Å². The molecule has 1 aliphatic carbocycles. The van der Waals surface area contributed by atoms with Crippen LogP contribution in [0.1, 0.15) is 23.1 Å². The van der Waals surface area contributed by atoms with Crippen LogP contribution in [-0.2, 0) is 9.59 Å². The van der Waals surface area contributed by atoms with Gasteiger partial charge < -0.3 is 10.6 Å². The first-order valence-corrected chi connectivity index (χ1v) is 8.68. The molecule has 2 atom stereocenters. The lowest BCUT2D eigenvalue weighted by atomic mass is 10.1. The van der Waals surface area contributed by atoms with E-state index in [1.54, 1.807) is 18.2 Å². The molecule has 3 rings (SSSR count). The molecule has 1 saturated carbocycles. The second kappa shape index (κ2) is 6.89. The minimum Gasteiger partial charge on any atom is -0.326 e. The van der Waals surface area contributed by atoms with Gasteiger partial charge in [0, 0.05) is 16.4 Å². The highest BCUT2D eigenvalue weighted by molar-refractivity contribution is 6.30. The van der Waals surface area contributed by atoms with Crippen LogP contribution < -0.4 is 10.6 Å². The van der Waals surface area contributed by atoms with Gasteiger partial charge in [-0.1, -0.05) is 17.7 Å². The number of aryl methyl sites for hydroxylation is 3. The molecule has 1 fully saturated rings. The van der Waals surface area contributed by atoms with Gasteiger partial charge in [-0.3, -0.25) is 9.59 Å². The van der Waals surface area contributed by atoms with Crippen molar-refractivity contribution in [2.75, 3.05) is 10.6 Å². The second-order valence-corrected chi connectivity index (χ2v) is 7.12. The van der Waals surface area contributed by atoms with Crippen molar-refractivity contribution in [3.63, 3.8) is 0 Å². The molecule has 0 saturated heterocycles. The van der Waals surface area contributed by atoms with Crippen LogP contribution in [0.5, 0.6) is 0 Å². The summed E-state index contributed by atoms with van der Waals surface area (Å²) in [6.45, 7) is 5.92. The third kappa shape index (κ3) is 4.02. The third-order valence-corrected chi connectivity index (χ3v) is 4.92. The molecule has 2 amide bonds. The molecule has 0 radical (unpaired) electrons. The molecular weight excluding hydrogens is 336 g/mol. The maximum atomic E-state index is 12.4. The first-order chi connectivity index (χ1) is 11.8. The minimum absolute atomic E-state index is 0.101. The van der Waals surface area contributed by atoms with Gasteiger partial charge in [-0.25, -0.2) is 0 Å². The smallest absolute Gasteiger partial charge is 0.228 e. The van der Waals surface area contributed by atoms with Gasteiger partial charge in [0.05, 0.1) is 11.8 Å². The number of anilines is 2. The van der Waals surface area contributed by atoms with E-state index in [2.05, 4.69) is 10.6 Å². The van der Waals surface area contributed by atoms with Crippen LogP contribution in [0.4, 0.5) is 11.4 Å². The van der Waals surface area contributed by atoms with Crippen LogP contribution in [0.3, 0.4) is 0 Å². The van der Waals surface area contributed by atoms with E-state index in [1.807, 2.05) is 39.0 Å². The predicted molar refractivity (Wildman–Crippen MR) is 101 cm³/mol. The van der Waals surface area contributed by atoms with Crippen molar-refractivity contribution in [2.24, 2.45) is 11.8 Å². The Kier molecular flexibility index (Phi) is 4.82. The topological polar surface area (TPSA) is 58.2 Å². The fourth-order valence-corrected chi connectivity index (χ4v) is 3.05. The molecule has 2 N–H and O–H groups in total. The Balaban J connectivity index is 1.58. The Hall–Kier alpha value is -2.33. The minimum atomic E-state index is -0.276. The van der Waals surface area contributed by atoms with E-state index in [0.717, 1.165) is 22.5 Å². The number of hydrogen-bond acceptors (Lipinski definition) is 2. The molecule has 5 heteroatoms. The highest BCUT2D eigenvalue weighted by atomic mass is 35.5. The number of nitrogens with one attached hydrogen (secondary N) is 2. The summed E-state index contributed by atoms with van der Waals surface area (Å²) in [5.74, 6) is -0.766. The molecule has 0 bridgehead atoms. The fraction of sp³-hybridized carbons (Fsp3) is 0.300. The standard InChI is InChI=1S/C20H21ClN2O2/c1-11-4-6-15(9-12(11)2)22-19(24)16-10-17(16)20(25)23-18-7-5-14(21)8-13(18)3/h4-9,16-17H,10H2,1-3H3,(H,22,24)(H,23,25). The van der Waals surface area contributed by atoms with Crippen molar-refractivity contribution in [1.29, 1.82) is 0 Å². The van der Waals surface area contributed by atoms with Gasteiger partial charge in [0.15, 0.2) is 0 Å². The normalized spacial score (nSPS) is 18.6. The maximum Gasteiger partial charge on any atom is 0.228 e. The zero-order valence-corrected chi connectivity index (χ0v) is 15.3. The van der Waals surface area contributed by atoms with E-state index < -0.39 is 0 Å². The highest BCUT2D eigenvalue weighted by Gasteiger charge is 2.48. The number of carbonyl (C=O) groups is 2. The Morgan fingerprint density at radius 3 is 2.20 bits per heavy atom. The predicted octanol–water partition coefficient (Wildman–Crippen LogP) is 4.48. The van der Waals surface area contributed by atoms with E-state index >= 15 is 0 Å². The molecule has 2 unspecified atom stereocenters. The summed E-state index contributed by atoms with van der Waals surface area (Å²) in [6.07, 6.45) is 0.579. The van der Waals surface area contributed by atoms with E-state index in [4.69, 9.17) is 11.6 Å². The Labute approximate surface area is 152 Å². The maximum absolute atomic E-state index is 12.4. The summed E-state index contributed by atoms with van der Waals surface area (Å²) in [4.78, 5) is 24.7. The lowest BCUT2D eigenvalue weighted by Crippen LogP contribution is -2.21. The van der Waals surface area contributed by atoms with E-state index in [-0.39, 0.29) is 23.7 Å². The third-order valence-electron chi connectivity index (χ3n) is 4.68. The monoisotopic (exact) mass is 356 g/mol. The number of benzene rings is 2. The SMILES string of the molecule is Cc1ccc(NC(=O)C2CC2C(=O)Nc2ccc(Cl)cc2C)cc1C. The van der Waals surface area contributed by atoms with E-state index in [1.165, 1.54) is 5.56 Å². The van der Waals surface area contributed by atoms with Crippen molar-refractivity contribution in [3.05, 3.63) is 58.1 Å². The first-order valence-electron chi connectivity index (χ1n) is 8.30. The quantitative estimate of drug-likeness (QED) is 0.848. The molecular formula is C20H21ClN2O2. The Bertz CT molecular complexity index is 848. The van der Waals surface area contributed by atoms with Gasteiger partial charge in [-0.05, 0) is 74.2 Å². The van der Waals surface area contributed by atoms with Crippen molar-refractivity contribution in [1.82, 2.24) is 0 Å². The zero-order chi connectivity index (χ0) is 18.1. The molecule has 1 aliphatic rings. The van der Waals surface area contributed by atoms with Crippen molar-refractivity contribution < 1.29 is 9.59 Å². The summed E-state index contributed by atoms with van der Waals surface area (Å²) in [7, 11) is 0. The molecule has 0 heterocycles. The molecule has 2 aromatic rings. The average molecular weight is 357 g/mol. The van der Waals surface area contributed by atoms with Crippen molar-refractivity contribution in [3.8, 4) is 0 Å². The zero-order valence-electron chi connectivity index (χ0n) is 14.5. The van der Waals surface area contributed by atoms with E-state index in [0.29, 0.717) is 11.4 Å². The summed E-state index contributed by atoms with van der Waals surface area (Å²) in [5.41, 5.74) is 4.71. The number of carbonyl (C=O) groups excluding carboxylic acids is 2. The summed E-state index contributed by atoms with van der Waals surface area (Å²) < 4.78 is 0. The lowest BCUT2D eigenvalue weighted by Gasteiger charge is -2.09. The average Bonchev–Trinajstić information content (AvgIpc) is 3.34. The fourth-order valence-electron chi connectivity index (χ4n) is 2.82. The summed E-state index contributed by atoms with van der Waals surface area (Å²) in [6, 6.07) is 11.1. The van der Waals surface area contributed by atoms with E-state index in [9.17, 15) is 9.59 Å². The molecule has 0 aromatic heterocycles. The Morgan fingerprint density at radius 2 is 1.56 bits per heavy atom. The van der Waals surface area contributed by atoms with Gasteiger partial charge in [0.1, 0.15) is 0 Å². The molecule has 2 aromatic carbocycles. The van der Waals surface area contributed by atoms with Gasteiger partial charge >= 0.3 is 0 Å². The van der Waals surface area contributed by atoms with Gasteiger partial charge in [-0.15, -0.1) is 0 Å². The summed E-state index contributed by atoms with van der Waals surface area (Å²) in [5, 5.41) is 6.42. The first kappa shape index (κ1) is 17.5. The van der Waals surface area contributed by atoms with Crippen LogP contribution in [0.15, 0.2) is 36.4 Å². The van der Waals surface area contributed by atoms with Gasteiger partial charge in [0.25, 0.3) is 0 Å². The molecule has 0 aliphatic heterocycles. The van der Waals surface area contributed by atoms with Gasteiger partial charge in [-0.2, -0.15) is 0 Å². The molecule has 130 valence electrons. The van der Waals surface area contributed by atoms with Crippen LogP contribution in [-0.4, -0.2) is 11.8 Å². The largest absolute Gasteiger partial charge is 0.326 e. The summed E-state index contributed by atoms with van der Waals surface area (Å²) >= 11 is 5.93. The highest BCUT2D eigenvalue weighted by Crippen LogP contribution is 2.40. The van der Waals surface area contributed by atoms with Crippen molar-refractivity contribution >= 4 is 34.8 Å². The molecule has 25 heavy (non-hydrogen) atoms.